The number of carbonyl (C=O) groups is 5. The molecule has 0 bridgehead atoms. The number of nitrogens with two attached hydrogens (primary N) is 1. The van der Waals surface area contributed by atoms with Gasteiger partial charge in [-0.2, -0.15) is 0 Å². The molecule has 1 atom stereocenters. The highest BCUT2D eigenvalue weighted by Crippen LogP contribution is 2.36. The van der Waals surface area contributed by atoms with E-state index in [1.165, 1.54) is 0 Å². The van der Waals surface area contributed by atoms with Gasteiger partial charge in [0.1, 0.15) is 6.04 Å². The number of hydrogen-bond acceptors (Lipinski definition) is 8. The van der Waals surface area contributed by atoms with E-state index < -0.39 is 29.7 Å². The Balaban J connectivity index is 1.06. The molecule has 0 saturated carbocycles. The maximum atomic E-state index is 13.3. The predicted molar refractivity (Wildman–Crippen MR) is 137 cm³/mol. The van der Waals surface area contributed by atoms with Gasteiger partial charge in [-0.1, -0.05) is 12.5 Å². The number of likely N-dealkylation sites (tertiary alicyclic amines) is 1. The van der Waals surface area contributed by atoms with Gasteiger partial charge in [-0.3, -0.25) is 34.2 Å². The lowest BCUT2D eigenvalue weighted by Crippen LogP contribution is -2.54. The number of fused-ring (bicyclic) bond motifs is 1. The molecular weight excluding hydrogens is 490 g/mol. The number of piperidine rings is 2. The lowest BCUT2D eigenvalue weighted by atomic mass is 10.0. The number of hydrogen-bond donors (Lipinski definition) is 2. The average molecular weight is 526 g/mol. The number of amides is 5. The fourth-order valence-corrected chi connectivity index (χ4v) is 5.61. The minimum absolute atomic E-state index is 0.0310. The van der Waals surface area contributed by atoms with E-state index in [2.05, 4.69) is 5.32 Å². The fourth-order valence-electron chi connectivity index (χ4n) is 5.61. The smallest absolute Gasteiger partial charge is 0.264 e. The third kappa shape index (κ3) is 5.30. The van der Waals surface area contributed by atoms with Crippen LogP contribution in [0.25, 0.3) is 0 Å². The molecule has 38 heavy (non-hydrogen) atoms. The van der Waals surface area contributed by atoms with Gasteiger partial charge < -0.3 is 20.3 Å². The van der Waals surface area contributed by atoms with Gasteiger partial charge in [-0.15, -0.1) is 0 Å². The van der Waals surface area contributed by atoms with Crippen molar-refractivity contribution in [3.8, 4) is 0 Å². The summed E-state index contributed by atoms with van der Waals surface area (Å²) in [6, 6.07) is 4.39. The Labute approximate surface area is 221 Å². The zero-order valence-corrected chi connectivity index (χ0v) is 21.5. The van der Waals surface area contributed by atoms with Crippen molar-refractivity contribution in [2.75, 3.05) is 37.7 Å². The summed E-state index contributed by atoms with van der Waals surface area (Å²) in [5.74, 6) is -1.80. The van der Waals surface area contributed by atoms with E-state index in [1.54, 1.807) is 18.2 Å². The number of imide groups is 2. The van der Waals surface area contributed by atoms with E-state index in [1.807, 2.05) is 9.80 Å². The maximum absolute atomic E-state index is 13.3. The second-order valence-corrected chi connectivity index (χ2v) is 10.6. The van der Waals surface area contributed by atoms with Gasteiger partial charge in [0, 0.05) is 51.7 Å². The summed E-state index contributed by atoms with van der Waals surface area (Å²) in [4.78, 5) is 67.3. The molecule has 5 rings (SSSR count). The van der Waals surface area contributed by atoms with Crippen molar-refractivity contribution in [1.82, 2.24) is 15.1 Å². The normalized spacial score (nSPS) is 22.6. The molecule has 4 heterocycles. The Hall–Kier alpha value is -3.31. The molecule has 5 amide bonds. The number of unbranched alkanes of at least 4 members (excludes halogenated alkanes) is 2. The number of benzene rings is 1. The summed E-state index contributed by atoms with van der Waals surface area (Å²) in [5.41, 5.74) is 7.15. The third-order valence-electron chi connectivity index (χ3n) is 7.92. The molecule has 11 heteroatoms. The Morgan fingerprint density at radius 1 is 1.00 bits per heavy atom. The molecule has 0 radical (unpaired) electrons. The monoisotopic (exact) mass is 525 g/mol. The molecule has 0 aromatic heterocycles. The van der Waals surface area contributed by atoms with Gasteiger partial charge in [-0.25, -0.2) is 0 Å². The molecule has 1 aromatic carbocycles. The Bertz CT molecular complexity index is 1120. The molecule has 0 spiro atoms. The van der Waals surface area contributed by atoms with Crippen LogP contribution in [0.4, 0.5) is 5.69 Å². The molecule has 0 aliphatic carbocycles. The van der Waals surface area contributed by atoms with Crippen molar-refractivity contribution in [3.63, 3.8) is 0 Å². The van der Waals surface area contributed by atoms with Gasteiger partial charge in [0.25, 0.3) is 11.8 Å². The first-order valence-electron chi connectivity index (χ1n) is 13.6. The van der Waals surface area contributed by atoms with E-state index in [-0.39, 0.29) is 36.5 Å². The van der Waals surface area contributed by atoms with Crippen LogP contribution in [0.15, 0.2) is 18.2 Å². The van der Waals surface area contributed by atoms with E-state index in [0.29, 0.717) is 37.4 Å². The molecule has 4 aliphatic rings. The molecule has 3 fully saturated rings. The number of ether oxygens (including phenoxy) is 1. The summed E-state index contributed by atoms with van der Waals surface area (Å²) in [5, 5.41) is 2.22. The van der Waals surface area contributed by atoms with Crippen LogP contribution in [0.1, 0.15) is 72.1 Å². The van der Waals surface area contributed by atoms with Crippen molar-refractivity contribution in [2.24, 2.45) is 5.73 Å². The van der Waals surface area contributed by atoms with Gasteiger partial charge in [-0.05, 0) is 44.2 Å². The van der Waals surface area contributed by atoms with Gasteiger partial charge in [0.05, 0.1) is 22.9 Å². The quantitative estimate of drug-likeness (QED) is 0.356. The van der Waals surface area contributed by atoms with Crippen molar-refractivity contribution < 1.29 is 28.7 Å². The van der Waals surface area contributed by atoms with Gasteiger partial charge in [0.15, 0.2) is 0 Å². The molecule has 4 aliphatic heterocycles. The lowest BCUT2D eigenvalue weighted by Gasteiger charge is -2.41. The highest BCUT2D eigenvalue weighted by Gasteiger charge is 2.46. The lowest BCUT2D eigenvalue weighted by molar-refractivity contribution is -0.136. The molecule has 3 saturated heterocycles. The SMILES string of the molecule is NC1CCN(C(=O)CCCCCOC2CN(c3cccc4c3C(=O)N(C3CCC(=O)NC3=O)C4=O)C2)CC1. The van der Waals surface area contributed by atoms with Crippen LogP contribution in [-0.2, 0) is 19.1 Å². The van der Waals surface area contributed by atoms with Crippen LogP contribution >= 0.6 is 0 Å². The van der Waals surface area contributed by atoms with Crippen LogP contribution < -0.4 is 16.0 Å². The summed E-state index contributed by atoms with van der Waals surface area (Å²) in [6.45, 7) is 3.35. The predicted octanol–water partition coefficient (Wildman–Crippen LogP) is 0.803. The molecule has 11 nitrogen and oxygen atoms in total. The zero-order chi connectivity index (χ0) is 26.8. The number of nitrogens with zero attached hydrogens (tertiary/aromatic N) is 3. The number of nitrogens with one attached hydrogen (secondary N) is 1. The molecule has 1 aromatic rings. The average Bonchev–Trinajstić information content (AvgIpc) is 3.13. The van der Waals surface area contributed by atoms with Crippen molar-refractivity contribution in [3.05, 3.63) is 29.3 Å². The van der Waals surface area contributed by atoms with E-state index in [9.17, 15) is 24.0 Å². The number of anilines is 1. The van der Waals surface area contributed by atoms with Crippen LogP contribution in [0.2, 0.25) is 0 Å². The number of rotatable bonds is 9. The Morgan fingerprint density at radius 3 is 2.50 bits per heavy atom. The summed E-state index contributed by atoms with van der Waals surface area (Å²) < 4.78 is 5.97. The highest BCUT2D eigenvalue weighted by molar-refractivity contribution is 6.25. The number of carbonyl (C=O) groups excluding carboxylic acids is 5. The van der Waals surface area contributed by atoms with Crippen LogP contribution in [0.3, 0.4) is 0 Å². The van der Waals surface area contributed by atoms with Gasteiger partial charge in [0.2, 0.25) is 17.7 Å². The van der Waals surface area contributed by atoms with Gasteiger partial charge >= 0.3 is 0 Å². The summed E-state index contributed by atoms with van der Waals surface area (Å²) in [7, 11) is 0. The first-order valence-corrected chi connectivity index (χ1v) is 13.6. The topological polar surface area (TPSA) is 142 Å². The van der Waals surface area contributed by atoms with Crippen LogP contribution in [0, 0.1) is 0 Å². The standard InChI is InChI=1S/C27H35N5O6/c28-17-10-12-30(13-11-17)23(34)7-2-1-3-14-38-18-15-31(16-18)20-6-4-5-19-24(20)27(37)32(26(19)36)21-8-9-22(33)29-25(21)35/h4-6,17-18,21H,1-3,7-16,28H2,(H,29,33,35). The minimum atomic E-state index is -0.978. The third-order valence-corrected chi connectivity index (χ3v) is 7.92. The first-order chi connectivity index (χ1) is 18.3. The van der Waals surface area contributed by atoms with E-state index in [4.69, 9.17) is 10.5 Å². The van der Waals surface area contributed by atoms with E-state index >= 15 is 0 Å². The second kappa shape index (κ2) is 11.2. The van der Waals surface area contributed by atoms with Crippen molar-refractivity contribution in [2.45, 2.75) is 69.6 Å². The molecule has 204 valence electrons. The maximum Gasteiger partial charge on any atom is 0.264 e. The van der Waals surface area contributed by atoms with Crippen LogP contribution in [0.5, 0.6) is 0 Å². The van der Waals surface area contributed by atoms with Crippen LogP contribution in [-0.4, -0.2) is 90.3 Å². The Morgan fingerprint density at radius 2 is 1.76 bits per heavy atom. The second-order valence-electron chi connectivity index (χ2n) is 10.6. The fraction of sp³-hybridized carbons (Fsp3) is 0.593. The van der Waals surface area contributed by atoms with E-state index in [0.717, 1.165) is 50.1 Å². The zero-order valence-electron chi connectivity index (χ0n) is 21.5. The molecule has 3 N–H and O–H groups in total. The van der Waals surface area contributed by atoms with Crippen molar-refractivity contribution in [1.29, 1.82) is 0 Å². The summed E-state index contributed by atoms with van der Waals surface area (Å²) >= 11 is 0. The minimum Gasteiger partial charge on any atom is -0.375 e. The summed E-state index contributed by atoms with van der Waals surface area (Å²) in [6.07, 6.45) is 5.23. The van der Waals surface area contributed by atoms with Crippen molar-refractivity contribution >= 4 is 35.2 Å². The molecule has 1 unspecified atom stereocenters. The Kier molecular flexibility index (Phi) is 7.75. The highest BCUT2D eigenvalue weighted by atomic mass is 16.5. The first kappa shape index (κ1) is 26.3. The largest absolute Gasteiger partial charge is 0.375 e. The molecular formula is C27H35N5O6.